The number of methoxy groups -OCH3 is 1. The van der Waals surface area contributed by atoms with Crippen LogP contribution in [0.4, 0.5) is 5.69 Å². The average molecular weight is 487 g/mol. The normalized spacial score (nSPS) is 14.6. The van der Waals surface area contributed by atoms with Gasteiger partial charge in [-0.05, 0) is 42.8 Å². The zero-order valence-corrected chi connectivity index (χ0v) is 19.6. The molecule has 180 valence electrons. The Bertz CT molecular complexity index is 1220. The summed E-state index contributed by atoms with van der Waals surface area (Å²) in [5.74, 6) is 1.33. The molecule has 0 spiro atoms. The number of aromatic nitrogens is 2. The summed E-state index contributed by atoms with van der Waals surface area (Å²) in [6, 6.07) is 13.6. The second-order valence-electron chi connectivity index (χ2n) is 7.65. The van der Waals surface area contributed by atoms with Gasteiger partial charge in [0.05, 0.1) is 30.8 Å². The Balaban J connectivity index is 1.27. The first-order chi connectivity index (χ1) is 16.5. The van der Waals surface area contributed by atoms with Gasteiger partial charge in [0.25, 0.3) is 0 Å². The number of morpholine rings is 1. The third-order valence-electron chi connectivity index (χ3n) is 5.36. The van der Waals surface area contributed by atoms with Gasteiger partial charge in [0.2, 0.25) is 27.6 Å². The molecule has 1 fully saturated rings. The molecule has 1 aliphatic heterocycles. The predicted octanol–water partition coefficient (Wildman–Crippen LogP) is 2.73. The van der Waals surface area contributed by atoms with Crippen molar-refractivity contribution in [3.8, 4) is 17.1 Å². The van der Waals surface area contributed by atoms with Crippen molar-refractivity contribution in [3.05, 3.63) is 54.4 Å². The number of anilines is 1. The molecule has 3 aromatic rings. The lowest BCUT2D eigenvalue weighted by atomic mass is 10.2. The fraction of sp³-hybridized carbons (Fsp3) is 0.348. The summed E-state index contributed by atoms with van der Waals surface area (Å²) >= 11 is 0. The van der Waals surface area contributed by atoms with E-state index in [-0.39, 0.29) is 17.2 Å². The minimum Gasteiger partial charge on any atom is -0.496 e. The molecule has 0 unspecified atom stereocenters. The Morgan fingerprint density at radius 1 is 1.12 bits per heavy atom. The van der Waals surface area contributed by atoms with Crippen molar-refractivity contribution in [2.45, 2.75) is 24.2 Å². The quantitative estimate of drug-likeness (QED) is 0.490. The molecule has 0 radical (unpaired) electrons. The van der Waals surface area contributed by atoms with Crippen LogP contribution in [0, 0.1) is 0 Å². The molecular formula is C23H26N4O6S. The Labute approximate surface area is 197 Å². The number of hydrogen-bond acceptors (Lipinski definition) is 8. The molecule has 2 aromatic carbocycles. The molecule has 0 bridgehead atoms. The summed E-state index contributed by atoms with van der Waals surface area (Å²) in [5.41, 5.74) is 1.26. The standard InChI is InChI=1S/C23H26N4O6S/c1-31-20-6-3-2-5-19(20)23-25-22(33-26-23)8-4-7-21(28)24-17-9-11-18(12-10-17)34(29,30)27-13-15-32-16-14-27/h2-3,5-6,9-12H,4,7-8,13-16H2,1H3,(H,24,28). The first-order valence-electron chi connectivity index (χ1n) is 10.9. The van der Waals surface area contributed by atoms with E-state index in [9.17, 15) is 13.2 Å². The lowest BCUT2D eigenvalue weighted by molar-refractivity contribution is -0.116. The maximum absolute atomic E-state index is 12.7. The number of amides is 1. The number of nitrogens with zero attached hydrogens (tertiary/aromatic N) is 3. The molecule has 1 N–H and O–H groups in total. The van der Waals surface area contributed by atoms with E-state index in [1.54, 1.807) is 19.2 Å². The molecule has 10 nitrogen and oxygen atoms in total. The van der Waals surface area contributed by atoms with Crippen molar-refractivity contribution >= 4 is 21.6 Å². The van der Waals surface area contributed by atoms with Gasteiger partial charge >= 0.3 is 0 Å². The van der Waals surface area contributed by atoms with E-state index < -0.39 is 10.0 Å². The topological polar surface area (TPSA) is 124 Å². The minimum absolute atomic E-state index is 0.187. The van der Waals surface area contributed by atoms with E-state index in [4.69, 9.17) is 14.0 Å². The number of ether oxygens (including phenoxy) is 2. The number of rotatable bonds is 9. The van der Waals surface area contributed by atoms with Gasteiger partial charge in [-0.15, -0.1) is 0 Å². The molecule has 1 aromatic heterocycles. The molecule has 1 saturated heterocycles. The van der Waals surface area contributed by atoms with Gasteiger partial charge in [0.15, 0.2) is 0 Å². The summed E-state index contributed by atoms with van der Waals surface area (Å²) in [5, 5.41) is 6.78. The van der Waals surface area contributed by atoms with Crippen molar-refractivity contribution in [1.29, 1.82) is 0 Å². The van der Waals surface area contributed by atoms with Crippen molar-refractivity contribution in [2.75, 3.05) is 38.7 Å². The van der Waals surface area contributed by atoms with Gasteiger partial charge in [-0.3, -0.25) is 4.79 Å². The van der Waals surface area contributed by atoms with Crippen molar-refractivity contribution in [2.24, 2.45) is 0 Å². The zero-order chi connectivity index (χ0) is 24.0. The summed E-state index contributed by atoms with van der Waals surface area (Å²) in [6.45, 7) is 1.44. The number of carbonyl (C=O) groups is 1. The molecule has 0 atom stereocenters. The highest BCUT2D eigenvalue weighted by molar-refractivity contribution is 7.89. The van der Waals surface area contributed by atoms with Gasteiger partial charge in [-0.2, -0.15) is 9.29 Å². The van der Waals surface area contributed by atoms with Gasteiger partial charge in [0, 0.05) is 31.6 Å². The van der Waals surface area contributed by atoms with Crippen LogP contribution in [0.3, 0.4) is 0 Å². The van der Waals surface area contributed by atoms with E-state index in [1.165, 1.54) is 16.4 Å². The van der Waals surface area contributed by atoms with Crippen LogP contribution < -0.4 is 10.1 Å². The summed E-state index contributed by atoms with van der Waals surface area (Å²) in [6.07, 6.45) is 1.22. The van der Waals surface area contributed by atoms with Gasteiger partial charge in [0.1, 0.15) is 5.75 Å². The SMILES string of the molecule is COc1ccccc1-c1noc(CCCC(=O)Nc2ccc(S(=O)(=O)N3CCOCC3)cc2)n1. The molecule has 0 aliphatic carbocycles. The Hall–Kier alpha value is -3.28. The molecule has 1 aliphatic rings. The van der Waals surface area contributed by atoms with E-state index in [0.29, 0.717) is 62.3 Å². The van der Waals surface area contributed by atoms with Crippen LogP contribution in [0.25, 0.3) is 11.4 Å². The molecule has 34 heavy (non-hydrogen) atoms. The lowest BCUT2D eigenvalue weighted by Crippen LogP contribution is -2.40. The second-order valence-corrected chi connectivity index (χ2v) is 9.59. The van der Waals surface area contributed by atoms with Gasteiger partial charge in [-0.1, -0.05) is 17.3 Å². The largest absolute Gasteiger partial charge is 0.496 e. The summed E-state index contributed by atoms with van der Waals surface area (Å²) < 4.78 is 42.6. The van der Waals surface area contributed by atoms with Crippen molar-refractivity contribution in [3.63, 3.8) is 0 Å². The Morgan fingerprint density at radius 2 is 1.85 bits per heavy atom. The van der Waals surface area contributed by atoms with Crippen LogP contribution in [0.2, 0.25) is 0 Å². The Morgan fingerprint density at radius 3 is 2.59 bits per heavy atom. The second kappa shape index (κ2) is 10.8. The first kappa shape index (κ1) is 23.9. The van der Waals surface area contributed by atoms with Crippen molar-refractivity contribution in [1.82, 2.24) is 14.4 Å². The van der Waals surface area contributed by atoms with E-state index >= 15 is 0 Å². The van der Waals surface area contributed by atoms with Crippen LogP contribution in [0.5, 0.6) is 5.75 Å². The number of sulfonamides is 1. The summed E-state index contributed by atoms with van der Waals surface area (Å²) in [7, 11) is -1.99. The predicted molar refractivity (Wildman–Crippen MR) is 124 cm³/mol. The number of benzene rings is 2. The van der Waals surface area contributed by atoms with Gasteiger partial charge in [-0.25, -0.2) is 8.42 Å². The monoisotopic (exact) mass is 486 g/mol. The number of nitrogens with one attached hydrogen (secondary N) is 1. The van der Waals surface area contributed by atoms with E-state index in [1.807, 2.05) is 24.3 Å². The molecule has 11 heteroatoms. The molecule has 2 heterocycles. The maximum Gasteiger partial charge on any atom is 0.243 e. The number of para-hydroxylation sites is 1. The van der Waals surface area contributed by atoms with Crippen LogP contribution in [0.1, 0.15) is 18.7 Å². The molecule has 0 saturated carbocycles. The third kappa shape index (κ3) is 5.61. The number of carbonyl (C=O) groups excluding carboxylic acids is 1. The lowest BCUT2D eigenvalue weighted by Gasteiger charge is -2.26. The average Bonchev–Trinajstić information content (AvgIpc) is 3.33. The highest BCUT2D eigenvalue weighted by atomic mass is 32.2. The Kier molecular flexibility index (Phi) is 7.56. The van der Waals surface area contributed by atoms with Crippen LogP contribution >= 0.6 is 0 Å². The highest BCUT2D eigenvalue weighted by Crippen LogP contribution is 2.27. The van der Waals surface area contributed by atoms with Crippen LogP contribution in [-0.4, -0.2) is 62.2 Å². The van der Waals surface area contributed by atoms with E-state index in [0.717, 1.165) is 5.56 Å². The molecular weight excluding hydrogens is 460 g/mol. The molecule has 4 rings (SSSR count). The number of hydrogen-bond donors (Lipinski definition) is 1. The van der Waals surface area contributed by atoms with Crippen LogP contribution in [0.15, 0.2) is 57.9 Å². The van der Waals surface area contributed by atoms with Gasteiger partial charge < -0.3 is 19.3 Å². The minimum atomic E-state index is -3.57. The first-order valence-corrected chi connectivity index (χ1v) is 12.3. The maximum atomic E-state index is 12.7. The smallest absolute Gasteiger partial charge is 0.243 e. The zero-order valence-electron chi connectivity index (χ0n) is 18.8. The van der Waals surface area contributed by atoms with E-state index in [2.05, 4.69) is 15.5 Å². The fourth-order valence-electron chi connectivity index (χ4n) is 3.57. The highest BCUT2D eigenvalue weighted by Gasteiger charge is 2.26. The third-order valence-corrected chi connectivity index (χ3v) is 7.27. The fourth-order valence-corrected chi connectivity index (χ4v) is 4.97. The molecule has 1 amide bonds. The summed E-state index contributed by atoms with van der Waals surface area (Å²) in [4.78, 5) is 16.9. The van der Waals surface area contributed by atoms with Crippen molar-refractivity contribution < 1.29 is 27.2 Å². The number of aryl methyl sites for hydroxylation is 1. The van der Waals surface area contributed by atoms with Crippen LogP contribution in [-0.2, 0) is 26.0 Å².